The Bertz CT molecular complexity index is 525. The average molecular weight is 271 g/mol. The van der Waals surface area contributed by atoms with Gasteiger partial charge >= 0.3 is 5.97 Å². The molecule has 0 aliphatic carbocycles. The number of aliphatic carboxylic acids is 1. The van der Waals surface area contributed by atoms with E-state index >= 15 is 0 Å². The maximum absolute atomic E-state index is 11.7. The molecule has 0 saturated heterocycles. The van der Waals surface area contributed by atoms with Crippen LogP contribution in [0, 0.1) is 0 Å². The first-order valence-corrected chi connectivity index (χ1v) is 7.51. The highest BCUT2D eigenvalue weighted by Gasteiger charge is 2.17. The van der Waals surface area contributed by atoms with E-state index in [4.69, 9.17) is 5.11 Å². The Balaban J connectivity index is 3.10. The predicted molar refractivity (Wildman–Crippen MR) is 69.7 cm³/mol. The topological polar surface area (TPSA) is 74.7 Å². The predicted octanol–water partition coefficient (Wildman–Crippen LogP) is 1.39. The molecule has 0 aliphatic heterocycles. The highest BCUT2D eigenvalue weighted by molar-refractivity contribution is 7.90. The smallest absolute Gasteiger partial charge is 0.305 e. The number of nitrogens with zero attached hydrogens (tertiary/aromatic N) is 1. The van der Waals surface area contributed by atoms with E-state index in [-0.39, 0.29) is 11.3 Å². The van der Waals surface area contributed by atoms with Crippen LogP contribution in [0.4, 0.5) is 5.69 Å². The van der Waals surface area contributed by atoms with Crippen LogP contribution < -0.4 is 4.90 Å². The number of rotatable bonds is 6. The Kier molecular flexibility index (Phi) is 4.72. The number of benzene rings is 1. The molecule has 0 bridgehead atoms. The molecule has 0 saturated carbocycles. The third kappa shape index (κ3) is 3.73. The molecular weight excluding hydrogens is 254 g/mol. The number of hydrogen-bond acceptors (Lipinski definition) is 4. The minimum atomic E-state index is -3.32. The van der Waals surface area contributed by atoms with Gasteiger partial charge in [-0.1, -0.05) is 12.1 Å². The molecule has 0 fully saturated rings. The zero-order valence-electron chi connectivity index (χ0n) is 10.5. The molecule has 1 aromatic carbocycles. The van der Waals surface area contributed by atoms with Crippen molar-refractivity contribution >= 4 is 21.5 Å². The summed E-state index contributed by atoms with van der Waals surface area (Å²) in [4.78, 5) is 12.6. The molecule has 0 heterocycles. The summed E-state index contributed by atoms with van der Waals surface area (Å²) >= 11 is 0. The van der Waals surface area contributed by atoms with Crippen LogP contribution >= 0.6 is 0 Å². The average Bonchev–Trinajstić information content (AvgIpc) is 2.29. The van der Waals surface area contributed by atoms with Gasteiger partial charge in [0.25, 0.3) is 0 Å². The van der Waals surface area contributed by atoms with Gasteiger partial charge < -0.3 is 10.0 Å². The van der Waals surface area contributed by atoms with E-state index in [1.807, 2.05) is 6.92 Å². The minimum Gasteiger partial charge on any atom is -0.481 e. The fraction of sp³-hybridized carbons (Fsp3) is 0.417. The molecular formula is C12H17NO4S. The molecule has 100 valence electrons. The van der Waals surface area contributed by atoms with E-state index in [2.05, 4.69) is 0 Å². The summed E-state index contributed by atoms with van der Waals surface area (Å²) < 4.78 is 23.3. The summed E-state index contributed by atoms with van der Waals surface area (Å²) in [7, 11) is -3.32. The standard InChI is InChI=1S/C12H17NO4S/c1-3-13(9-8-12(14)15)10-6-4-5-7-11(10)18(2,16)17/h4-7H,3,8-9H2,1-2H3,(H,14,15). The summed E-state index contributed by atoms with van der Waals surface area (Å²) in [6.45, 7) is 2.71. The van der Waals surface area contributed by atoms with E-state index in [0.717, 1.165) is 6.26 Å². The minimum absolute atomic E-state index is 0.0219. The second-order valence-electron chi connectivity index (χ2n) is 3.96. The quantitative estimate of drug-likeness (QED) is 0.846. The molecule has 0 spiro atoms. The van der Waals surface area contributed by atoms with Crippen molar-refractivity contribution in [3.05, 3.63) is 24.3 Å². The van der Waals surface area contributed by atoms with Gasteiger partial charge in [-0.25, -0.2) is 8.42 Å². The number of hydrogen-bond donors (Lipinski definition) is 1. The molecule has 0 unspecified atom stereocenters. The molecule has 6 heteroatoms. The Morgan fingerprint density at radius 2 is 1.94 bits per heavy atom. The van der Waals surface area contributed by atoms with Gasteiger partial charge in [0.2, 0.25) is 0 Å². The first-order valence-electron chi connectivity index (χ1n) is 5.62. The second-order valence-corrected chi connectivity index (χ2v) is 5.95. The Morgan fingerprint density at radius 3 is 2.44 bits per heavy atom. The monoisotopic (exact) mass is 271 g/mol. The van der Waals surface area contributed by atoms with Gasteiger partial charge in [0.1, 0.15) is 0 Å². The van der Waals surface area contributed by atoms with Crippen LogP contribution in [0.25, 0.3) is 0 Å². The van der Waals surface area contributed by atoms with Crippen LogP contribution in [0.5, 0.6) is 0 Å². The third-order valence-corrected chi connectivity index (χ3v) is 3.73. The fourth-order valence-electron chi connectivity index (χ4n) is 1.71. The van der Waals surface area contributed by atoms with E-state index in [0.29, 0.717) is 18.8 Å². The number of para-hydroxylation sites is 1. The molecule has 0 radical (unpaired) electrons. The van der Waals surface area contributed by atoms with Crippen LogP contribution in [0.3, 0.4) is 0 Å². The molecule has 1 rings (SSSR count). The highest BCUT2D eigenvalue weighted by atomic mass is 32.2. The van der Waals surface area contributed by atoms with Gasteiger partial charge in [-0.15, -0.1) is 0 Å². The zero-order chi connectivity index (χ0) is 13.8. The number of carbonyl (C=O) groups is 1. The molecule has 0 aromatic heterocycles. The van der Waals surface area contributed by atoms with E-state index < -0.39 is 15.8 Å². The second kappa shape index (κ2) is 5.86. The molecule has 0 atom stereocenters. The molecule has 5 nitrogen and oxygen atoms in total. The van der Waals surface area contributed by atoms with Crippen molar-refractivity contribution in [1.82, 2.24) is 0 Å². The normalized spacial score (nSPS) is 11.2. The lowest BCUT2D eigenvalue weighted by Gasteiger charge is -2.24. The Morgan fingerprint density at radius 1 is 1.33 bits per heavy atom. The van der Waals surface area contributed by atoms with Crippen molar-refractivity contribution in [2.45, 2.75) is 18.2 Å². The van der Waals surface area contributed by atoms with Crippen molar-refractivity contribution in [2.75, 3.05) is 24.2 Å². The van der Waals surface area contributed by atoms with Crippen molar-refractivity contribution in [2.24, 2.45) is 0 Å². The van der Waals surface area contributed by atoms with Gasteiger partial charge in [-0.3, -0.25) is 4.79 Å². The van der Waals surface area contributed by atoms with Gasteiger partial charge in [0.15, 0.2) is 9.84 Å². The first kappa shape index (κ1) is 14.5. The van der Waals surface area contributed by atoms with Crippen LogP contribution in [-0.2, 0) is 14.6 Å². The van der Waals surface area contributed by atoms with Crippen molar-refractivity contribution in [3.8, 4) is 0 Å². The van der Waals surface area contributed by atoms with Gasteiger partial charge in [-0.2, -0.15) is 0 Å². The summed E-state index contributed by atoms with van der Waals surface area (Å²) in [5.74, 6) is -0.898. The van der Waals surface area contributed by atoms with Crippen LogP contribution in [0.1, 0.15) is 13.3 Å². The number of carboxylic acids is 1. The highest BCUT2D eigenvalue weighted by Crippen LogP contribution is 2.24. The van der Waals surface area contributed by atoms with Crippen LogP contribution in [-0.4, -0.2) is 38.8 Å². The third-order valence-electron chi connectivity index (χ3n) is 2.58. The van der Waals surface area contributed by atoms with Crippen LogP contribution in [0.2, 0.25) is 0 Å². The number of sulfone groups is 1. The molecule has 0 amide bonds. The lowest BCUT2D eigenvalue weighted by atomic mass is 10.2. The Labute approximate surface area is 107 Å². The van der Waals surface area contributed by atoms with Crippen molar-refractivity contribution < 1.29 is 18.3 Å². The summed E-state index contributed by atoms with van der Waals surface area (Å²) in [6, 6.07) is 6.63. The van der Waals surface area contributed by atoms with E-state index in [1.54, 1.807) is 23.1 Å². The molecule has 0 aliphatic rings. The van der Waals surface area contributed by atoms with Gasteiger partial charge in [0.05, 0.1) is 17.0 Å². The first-order chi connectivity index (χ1) is 8.36. The van der Waals surface area contributed by atoms with E-state index in [9.17, 15) is 13.2 Å². The van der Waals surface area contributed by atoms with Gasteiger partial charge in [-0.05, 0) is 19.1 Å². The molecule has 18 heavy (non-hydrogen) atoms. The fourth-order valence-corrected chi connectivity index (χ4v) is 2.61. The maximum Gasteiger partial charge on any atom is 0.305 e. The van der Waals surface area contributed by atoms with Crippen LogP contribution in [0.15, 0.2) is 29.2 Å². The lowest BCUT2D eigenvalue weighted by molar-refractivity contribution is -0.136. The maximum atomic E-state index is 11.7. The SMILES string of the molecule is CCN(CCC(=O)O)c1ccccc1S(C)(=O)=O. The summed E-state index contributed by atoms with van der Waals surface area (Å²) in [5.41, 5.74) is 0.559. The lowest BCUT2D eigenvalue weighted by Crippen LogP contribution is -2.27. The largest absolute Gasteiger partial charge is 0.481 e. The number of carboxylic acid groups (broad SMARTS) is 1. The van der Waals surface area contributed by atoms with Gasteiger partial charge in [0, 0.05) is 19.3 Å². The summed E-state index contributed by atoms with van der Waals surface area (Å²) in [5, 5.41) is 8.69. The van der Waals surface area contributed by atoms with Crippen molar-refractivity contribution in [3.63, 3.8) is 0 Å². The number of anilines is 1. The molecule has 1 aromatic rings. The summed E-state index contributed by atoms with van der Waals surface area (Å²) in [6.07, 6.45) is 1.13. The molecule has 1 N–H and O–H groups in total. The Hall–Kier alpha value is -1.56. The van der Waals surface area contributed by atoms with Crippen molar-refractivity contribution in [1.29, 1.82) is 0 Å². The van der Waals surface area contributed by atoms with E-state index in [1.165, 1.54) is 6.07 Å². The zero-order valence-corrected chi connectivity index (χ0v) is 11.3.